The van der Waals surface area contributed by atoms with Crippen molar-refractivity contribution in [3.05, 3.63) is 47.2 Å². The summed E-state index contributed by atoms with van der Waals surface area (Å²) in [5.74, 6) is 1.63. The maximum absolute atomic E-state index is 5.70. The van der Waals surface area contributed by atoms with E-state index >= 15 is 0 Å². The number of nitrogen functional groups attached to an aromatic ring is 1. The molecule has 0 radical (unpaired) electrons. The second-order valence-electron chi connectivity index (χ2n) is 3.67. The molecule has 15 heavy (non-hydrogen) atoms. The smallest absolute Gasteiger partial charge is 0.199 e. The van der Waals surface area contributed by atoms with Crippen LogP contribution in [-0.4, -0.2) is 4.98 Å². The summed E-state index contributed by atoms with van der Waals surface area (Å²) < 4.78 is 5.51. The second-order valence-corrected chi connectivity index (χ2v) is 3.67. The lowest BCUT2D eigenvalue weighted by Crippen LogP contribution is -1.91. The van der Waals surface area contributed by atoms with Crippen LogP contribution in [0.5, 0.6) is 0 Å². The molecule has 0 aliphatic rings. The van der Waals surface area contributed by atoms with Crippen LogP contribution < -0.4 is 5.73 Å². The number of aromatic nitrogens is 1. The van der Waals surface area contributed by atoms with E-state index in [2.05, 4.69) is 4.98 Å². The minimum Gasteiger partial charge on any atom is -0.445 e. The Morgan fingerprint density at radius 3 is 2.73 bits per heavy atom. The van der Waals surface area contributed by atoms with Crippen LogP contribution in [0.4, 0.5) is 5.69 Å². The summed E-state index contributed by atoms with van der Waals surface area (Å²) in [7, 11) is 0. The highest BCUT2D eigenvalue weighted by Gasteiger charge is 2.06. The number of nitrogens with two attached hydrogens (primary N) is 1. The average Bonchev–Trinajstić information content (AvgIpc) is 2.45. The van der Waals surface area contributed by atoms with Gasteiger partial charge >= 0.3 is 0 Å². The van der Waals surface area contributed by atoms with Crippen LogP contribution in [0.15, 0.2) is 28.7 Å². The van der Waals surface area contributed by atoms with Crippen LogP contribution in [0.2, 0.25) is 0 Å². The molecule has 3 nitrogen and oxygen atoms in total. The van der Waals surface area contributed by atoms with E-state index in [1.54, 1.807) is 0 Å². The van der Waals surface area contributed by atoms with E-state index in [0.717, 1.165) is 28.6 Å². The fourth-order valence-corrected chi connectivity index (χ4v) is 1.49. The maximum atomic E-state index is 5.70. The van der Waals surface area contributed by atoms with E-state index in [1.165, 1.54) is 0 Å². The third-order valence-electron chi connectivity index (χ3n) is 2.38. The molecule has 0 unspecified atom stereocenters. The zero-order valence-corrected chi connectivity index (χ0v) is 8.95. The van der Waals surface area contributed by atoms with Crippen molar-refractivity contribution >= 4 is 5.69 Å². The fraction of sp³-hybridized carbons (Fsp3) is 0.250. The number of benzene rings is 1. The van der Waals surface area contributed by atoms with E-state index in [4.69, 9.17) is 10.2 Å². The first-order valence-corrected chi connectivity index (χ1v) is 4.92. The van der Waals surface area contributed by atoms with Crippen molar-refractivity contribution < 1.29 is 4.42 Å². The van der Waals surface area contributed by atoms with Gasteiger partial charge in [0.05, 0.1) is 5.69 Å². The van der Waals surface area contributed by atoms with Gasteiger partial charge in [-0.3, -0.25) is 0 Å². The molecule has 2 aromatic rings. The van der Waals surface area contributed by atoms with E-state index in [1.807, 2.05) is 38.1 Å². The third-order valence-corrected chi connectivity index (χ3v) is 2.38. The summed E-state index contributed by atoms with van der Waals surface area (Å²) >= 11 is 0. The van der Waals surface area contributed by atoms with Gasteiger partial charge in [-0.25, -0.2) is 4.98 Å². The molecule has 1 aromatic carbocycles. The number of aryl methyl sites for hydroxylation is 2. The first-order valence-electron chi connectivity index (χ1n) is 4.92. The van der Waals surface area contributed by atoms with Crippen molar-refractivity contribution in [2.75, 3.05) is 5.73 Å². The zero-order chi connectivity index (χ0) is 10.8. The van der Waals surface area contributed by atoms with Crippen LogP contribution in [0.3, 0.4) is 0 Å². The van der Waals surface area contributed by atoms with Gasteiger partial charge in [0, 0.05) is 12.1 Å². The molecule has 0 atom stereocenters. The predicted octanol–water partition coefficient (Wildman–Crippen LogP) is 2.46. The van der Waals surface area contributed by atoms with Crippen molar-refractivity contribution in [3.8, 4) is 0 Å². The summed E-state index contributed by atoms with van der Waals surface area (Å²) in [6.45, 7) is 3.87. The molecule has 0 saturated heterocycles. The third kappa shape index (κ3) is 2.18. The van der Waals surface area contributed by atoms with E-state index in [0.29, 0.717) is 6.42 Å². The minimum absolute atomic E-state index is 0.694. The van der Waals surface area contributed by atoms with Crippen molar-refractivity contribution in [3.63, 3.8) is 0 Å². The van der Waals surface area contributed by atoms with Crippen LogP contribution in [0.1, 0.15) is 22.9 Å². The van der Waals surface area contributed by atoms with Crippen molar-refractivity contribution in [1.82, 2.24) is 4.98 Å². The van der Waals surface area contributed by atoms with Crippen LogP contribution in [0.25, 0.3) is 0 Å². The molecule has 0 bridgehead atoms. The van der Waals surface area contributed by atoms with Gasteiger partial charge in [0.1, 0.15) is 5.76 Å². The van der Waals surface area contributed by atoms with Crippen LogP contribution >= 0.6 is 0 Å². The van der Waals surface area contributed by atoms with Gasteiger partial charge < -0.3 is 10.2 Å². The molecule has 3 heteroatoms. The monoisotopic (exact) mass is 202 g/mol. The van der Waals surface area contributed by atoms with Crippen LogP contribution in [0, 0.1) is 13.8 Å². The van der Waals surface area contributed by atoms with Crippen molar-refractivity contribution in [2.24, 2.45) is 0 Å². The molecule has 0 spiro atoms. The van der Waals surface area contributed by atoms with E-state index < -0.39 is 0 Å². The van der Waals surface area contributed by atoms with E-state index in [9.17, 15) is 0 Å². The summed E-state index contributed by atoms with van der Waals surface area (Å²) in [6, 6.07) is 7.77. The molecule has 0 saturated carbocycles. The highest BCUT2D eigenvalue weighted by Crippen LogP contribution is 2.14. The Balaban J connectivity index is 2.22. The quantitative estimate of drug-likeness (QED) is 0.761. The molecule has 0 aliphatic heterocycles. The van der Waals surface area contributed by atoms with Crippen LogP contribution in [-0.2, 0) is 6.42 Å². The Labute approximate surface area is 88.9 Å². The standard InChI is InChI=1S/C12H14N2O/c1-8-9(2)15-12(14-8)7-10-4-3-5-11(13)6-10/h3-6H,7,13H2,1-2H3. The molecule has 1 heterocycles. The van der Waals surface area contributed by atoms with Gasteiger partial charge in [-0.15, -0.1) is 0 Å². The van der Waals surface area contributed by atoms with Gasteiger partial charge in [-0.1, -0.05) is 12.1 Å². The normalized spacial score (nSPS) is 10.5. The zero-order valence-electron chi connectivity index (χ0n) is 8.95. The lowest BCUT2D eigenvalue weighted by molar-refractivity contribution is 0.481. The topological polar surface area (TPSA) is 52.0 Å². The van der Waals surface area contributed by atoms with Gasteiger partial charge in [-0.2, -0.15) is 0 Å². The summed E-state index contributed by atoms with van der Waals surface area (Å²) in [5, 5.41) is 0. The van der Waals surface area contributed by atoms with Gasteiger partial charge in [0.2, 0.25) is 0 Å². The summed E-state index contributed by atoms with van der Waals surface area (Å²) in [6.07, 6.45) is 0.694. The maximum Gasteiger partial charge on any atom is 0.199 e. The molecule has 1 aromatic heterocycles. The number of rotatable bonds is 2. The molecular weight excluding hydrogens is 188 g/mol. The highest BCUT2D eigenvalue weighted by atomic mass is 16.4. The first kappa shape index (κ1) is 9.77. The molecule has 0 fully saturated rings. The lowest BCUT2D eigenvalue weighted by Gasteiger charge is -1.98. The average molecular weight is 202 g/mol. The minimum atomic E-state index is 0.694. The number of nitrogens with zero attached hydrogens (tertiary/aromatic N) is 1. The number of anilines is 1. The van der Waals surface area contributed by atoms with Crippen molar-refractivity contribution in [1.29, 1.82) is 0 Å². The summed E-state index contributed by atoms with van der Waals surface area (Å²) in [4.78, 5) is 4.33. The second kappa shape index (κ2) is 3.77. The molecule has 0 aliphatic carbocycles. The Morgan fingerprint density at radius 2 is 2.13 bits per heavy atom. The predicted molar refractivity (Wildman–Crippen MR) is 59.6 cm³/mol. The Hall–Kier alpha value is -1.77. The first-order chi connectivity index (χ1) is 7.15. The number of hydrogen-bond acceptors (Lipinski definition) is 3. The summed E-state index contributed by atoms with van der Waals surface area (Å²) in [5.41, 5.74) is 8.54. The molecule has 2 N–H and O–H groups in total. The van der Waals surface area contributed by atoms with Gasteiger partial charge in [0.15, 0.2) is 5.89 Å². The Bertz CT molecular complexity index is 455. The molecule has 78 valence electrons. The van der Waals surface area contributed by atoms with Crippen molar-refractivity contribution in [2.45, 2.75) is 20.3 Å². The molecule has 2 rings (SSSR count). The largest absolute Gasteiger partial charge is 0.445 e. The van der Waals surface area contributed by atoms with Gasteiger partial charge in [-0.05, 0) is 31.5 Å². The Kier molecular flexibility index (Phi) is 2.46. The highest BCUT2D eigenvalue weighted by molar-refractivity contribution is 5.41. The SMILES string of the molecule is Cc1nc(Cc2cccc(N)c2)oc1C. The van der Waals surface area contributed by atoms with Gasteiger partial charge in [0.25, 0.3) is 0 Å². The fourth-order valence-electron chi connectivity index (χ4n) is 1.49. The number of oxazole rings is 1. The van der Waals surface area contributed by atoms with E-state index in [-0.39, 0.29) is 0 Å². The number of hydrogen-bond donors (Lipinski definition) is 1. The molecule has 0 amide bonds. The lowest BCUT2D eigenvalue weighted by atomic mass is 10.1. The molecular formula is C12H14N2O. The Morgan fingerprint density at radius 1 is 1.33 bits per heavy atom.